The molecule has 0 aliphatic heterocycles. The van der Waals surface area contributed by atoms with Gasteiger partial charge in [-0.1, -0.05) is 18.2 Å². The topological polar surface area (TPSA) is 3.88 Å². The molecule has 108 valence electrons. The largest absolute Gasteiger partial charge is 0.213 e. The van der Waals surface area contributed by atoms with Crippen LogP contribution < -0.4 is 4.57 Å². The van der Waals surface area contributed by atoms with Gasteiger partial charge in [-0.2, -0.15) is 0 Å². The Hall–Kier alpha value is -2.26. The number of fused-ring (bicyclic) bond motifs is 3. The van der Waals surface area contributed by atoms with Crippen molar-refractivity contribution >= 4 is 31.5 Å². The van der Waals surface area contributed by atoms with Crippen LogP contribution in [0.4, 0.5) is 4.39 Å². The van der Waals surface area contributed by atoms with E-state index in [2.05, 4.69) is 55.1 Å². The molecule has 2 heterocycles. The molecule has 0 amide bonds. The molecule has 0 unspecified atom stereocenters. The summed E-state index contributed by atoms with van der Waals surface area (Å²) in [5.41, 5.74) is 3.66. The molecule has 4 aromatic rings. The molecule has 1 nitrogen and oxygen atoms in total. The van der Waals surface area contributed by atoms with Crippen LogP contribution in [0.2, 0.25) is 0 Å². The van der Waals surface area contributed by atoms with E-state index in [9.17, 15) is 4.39 Å². The lowest BCUT2D eigenvalue weighted by Gasteiger charge is -2.04. The first-order valence-electron chi connectivity index (χ1n) is 7.21. The van der Waals surface area contributed by atoms with E-state index in [0.717, 1.165) is 10.1 Å². The van der Waals surface area contributed by atoms with Crippen LogP contribution in [0.15, 0.2) is 54.7 Å². The van der Waals surface area contributed by atoms with Crippen LogP contribution in [0, 0.1) is 12.7 Å². The molecule has 4 rings (SSSR count). The molecular formula is C19H15FNS+. The third-order valence-corrected chi connectivity index (χ3v) is 5.23. The molecule has 0 N–H and O–H groups in total. The molecule has 22 heavy (non-hydrogen) atoms. The first-order valence-corrected chi connectivity index (χ1v) is 8.02. The van der Waals surface area contributed by atoms with Crippen LogP contribution in [0.25, 0.3) is 31.4 Å². The molecule has 0 spiro atoms. The number of pyridine rings is 1. The van der Waals surface area contributed by atoms with E-state index in [1.807, 2.05) is 6.07 Å². The second kappa shape index (κ2) is 4.89. The van der Waals surface area contributed by atoms with E-state index in [1.54, 1.807) is 17.4 Å². The number of thiophene rings is 1. The number of nitrogens with zero attached hydrogens (tertiary/aromatic N) is 1. The summed E-state index contributed by atoms with van der Waals surface area (Å²) < 4.78 is 17.8. The van der Waals surface area contributed by atoms with E-state index < -0.39 is 0 Å². The molecule has 2 aromatic carbocycles. The summed E-state index contributed by atoms with van der Waals surface area (Å²) in [7, 11) is 2.06. The van der Waals surface area contributed by atoms with E-state index >= 15 is 0 Å². The van der Waals surface area contributed by atoms with Gasteiger partial charge in [-0.05, 0) is 36.8 Å². The van der Waals surface area contributed by atoms with Gasteiger partial charge in [0.05, 0.1) is 5.39 Å². The number of hydrogen-bond donors (Lipinski definition) is 0. The molecule has 0 atom stereocenters. The van der Waals surface area contributed by atoms with Gasteiger partial charge < -0.3 is 0 Å². The number of rotatable bonds is 1. The van der Waals surface area contributed by atoms with Crippen LogP contribution in [0.5, 0.6) is 0 Å². The van der Waals surface area contributed by atoms with Gasteiger partial charge in [-0.25, -0.2) is 8.96 Å². The van der Waals surface area contributed by atoms with Crippen LogP contribution in [-0.4, -0.2) is 0 Å². The minimum Gasteiger partial charge on any atom is -0.207 e. The number of aryl methyl sites for hydroxylation is 2. The monoisotopic (exact) mass is 308 g/mol. The van der Waals surface area contributed by atoms with Crippen molar-refractivity contribution < 1.29 is 8.96 Å². The fraction of sp³-hybridized carbons (Fsp3) is 0.105. The molecule has 0 saturated heterocycles. The summed E-state index contributed by atoms with van der Waals surface area (Å²) in [5.74, 6) is -0.178. The van der Waals surface area contributed by atoms with Crippen molar-refractivity contribution in [3.63, 3.8) is 0 Å². The van der Waals surface area contributed by atoms with E-state index in [-0.39, 0.29) is 5.82 Å². The number of aromatic nitrogens is 1. The van der Waals surface area contributed by atoms with Crippen LogP contribution in [-0.2, 0) is 7.05 Å². The minimum atomic E-state index is -0.178. The fourth-order valence-electron chi connectivity index (χ4n) is 2.97. The summed E-state index contributed by atoms with van der Waals surface area (Å²) >= 11 is 1.65. The number of benzene rings is 2. The lowest BCUT2D eigenvalue weighted by atomic mass is 10.0. The van der Waals surface area contributed by atoms with Gasteiger partial charge in [-0.3, -0.25) is 0 Å². The summed E-state index contributed by atoms with van der Waals surface area (Å²) in [6.45, 7) is 2.12. The molecular weight excluding hydrogens is 293 g/mol. The zero-order chi connectivity index (χ0) is 15.3. The van der Waals surface area contributed by atoms with Crippen molar-refractivity contribution in [2.24, 2.45) is 7.05 Å². The summed E-state index contributed by atoms with van der Waals surface area (Å²) in [4.78, 5) is 0. The third kappa shape index (κ3) is 2.01. The van der Waals surface area contributed by atoms with Gasteiger partial charge >= 0.3 is 0 Å². The van der Waals surface area contributed by atoms with Crippen LogP contribution >= 0.6 is 11.3 Å². The van der Waals surface area contributed by atoms with Gasteiger partial charge in [0.2, 0.25) is 5.69 Å². The predicted octanol–water partition coefficient (Wildman–Crippen LogP) is 4.99. The molecule has 0 aliphatic rings. The Labute approximate surface area is 132 Å². The van der Waals surface area contributed by atoms with Gasteiger partial charge in [0, 0.05) is 26.4 Å². The van der Waals surface area contributed by atoms with Crippen molar-refractivity contribution in [3.8, 4) is 11.3 Å². The highest BCUT2D eigenvalue weighted by Crippen LogP contribution is 2.35. The van der Waals surface area contributed by atoms with E-state index in [0.29, 0.717) is 0 Å². The van der Waals surface area contributed by atoms with Crippen molar-refractivity contribution in [1.29, 1.82) is 0 Å². The average molecular weight is 308 g/mol. The zero-order valence-electron chi connectivity index (χ0n) is 12.4. The lowest BCUT2D eigenvalue weighted by molar-refractivity contribution is -0.659. The number of hydrogen-bond acceptors (Lipinski definition) is 1. The Morgan fingerprint density at radius 1 is 0.955 bits per heavy atom. The van der Waals surface area contributed by atoms with Gasteiger partial charge in [-0.15, -0.1) is 11.3 Å². The maximum atomic E-state index is 13.4. The Balaban J connectivity index is 2.04. The van der Waals surface area contributed by atoms with Crippen LogP contribution in [0.1, 0.15) is 5.56 Å². The smallest absolute Gasteiger partial charge is 0.207 e. The summed E-state index contributed by atoms with van der Waals surface area (Å²) in [6.07, 6.45) is 2.15. The molecule has 0 radical (unpaired) electrons. The molecule has 0 aliphatic carbocycles. The Kier molecular flexibility index (Phi) is 2.98. The second-order valence-corrected chi connectivity index (χ2v) is 6.69. The predicted molar refractivity (Wildman–Crippen MR) is 90.6 cm³/mol. The van der Waals surface area contributed by atoms with Crippen molar-refractivity contribution in [2.45, 2.75) is 6.92 Å². The molecule has 0 bridgehead atoms. The maximum absolute atomic E-state index is 13.4. The highest BCUT2D eigenvalue weighted by atomic mass is 32.1. The SMILES string of the molecule is Cc1ccccc1-c1cc2sc3cc(F)ccc3c2c[n+]1C. The first-order chi connectivity index (χ1) is 10.6. The Morgan fingerprint density at radius 3 is 2.55 bits per heavy atom. The van der Waals surface area contributed by atoms with Crippen molar-refractivity contribution in [1.82, 2.24) is 0 Å². The normalized spacial score (nSPS) is 11.4. The first kappa shape index (κ1) is 13.4. The molecule has 3 heteroatoms. The standard InChI is InChI=1S/C19H15FNS/c1-12-5-3-4-6-14(12)17-10-19-16(11-21(17)2)15-8-7-13(20)9-18(15)22-19/h3-11H,1-2H3/q+1. The van der Waals surface area contributed by atoms with Crippen LogP contribution in [0.3, 0.4) is 0 Å². The summed E-state index contributed by atoms with van der Waals surface area (Å²) in [6, 6.07) is 15.6. The molecule has 2 aromatic heterocycles. The van der Waals surface area contributed by atoms with Crippen molar-refractivity contribution in [3.05, 3.63) is 66.1 Å². The molecule has 0 saturated carbocycles. The number of halogens is 1. The lowest BCUT2D eigenvalue weighted by Crippen LogP contribution is -2.30. The van der Waals surface area contributed by atoms with Crippen molar-refractivity contribution in [2.75, 3.05) is 0 Å². The highest BCUT2D eigenvalue weighted by Gasteiger charge is 2.16. The van der Waals surface area contributed by atoms with E-state index in [1.165, 1.54) is 33.0 Å². The van der Waals surface area contributed by atoms with Gasteiger partial charge in [0.15, 0.2) is 6.20 Å². The quantitative estimate of drug-likeness (QED) is 0.436. The van der Waals surface area contributed by atoms with Gasteiger partial charge in [0.25, 0.3) is 0 Å². The van der Waals surface area contributed by atoms with E-state index in [4.69, 9.17) is 0 Å². The highest BCUT2D eigenvalue weighted by molar-refractivity contribution is 7.25. The Morgan fingerprint density at radius 2 is 1.73 bits per heavy atom. The Bertz CT molecular complexity index is 1020. The second-order valence-electron chi connectivity index (χ2n) is 5.60. The zero-order valence-corrected chi connectivity index (χ0v) is 13.2. The fourth-order valence-corrected chi connectivity index (χ4v) is 4.11. The maximum Gasteiger partial charge on any atom is 0.213 e. The average Bonchev–Trinajstić information content (AvgIpc) is 2.83. The van der Waals surface area contributed by atoms with Gasteiger partial charge in [0.1, 0.15) is 12.9 Å². The molecule has 0 fully saturated rings. The minimum absolute atomic E-state index is 0.178. The third-order valence-electron chi connectivity index (χ3n) is 4.11. The summed E-state index contributed by atoms with van der Waals surface area (Å²) in [5, 5.41) is 2.30.